The smallest absolute Gasteiger partial charge is 0.0468 e. The van der Waals surface area contributed by atoms with Crippen LogP contribution < -0.4 is 5.73 Å². The first-order chi connectivity index (χ1) is 8.03. The third-order valence-corrected chi connectivity index (χ3v) is 4.61. The van der Waals surface area contributed by atoms with Gasteiger partial charge in [0.25, 0.3) is 0 Å². The minimum atomic E-state index is 0.00701. The van der Waals surface area contributed by atoms with E-state index in [1.165, 1.54) is 32.1 Å². The average molecular weight is 272 g/mol. The third kappa shape index (κ3) is 2.78. The molecule has 0 aliphatic heterocycles. The highest BCUT2D eigenvalue weighted by molar-refractivity contribution is 6.35. The molecule has 1 fully saturated rings. The van der Waals surface area contributed by atoms with E-state index in [-0.39, 0.29) is 11.5 Å². The molecule has 2 rings (SSSR count). The highest BCUT2D eigenvalue weighted by Gasteiger charge is 2.34. The first kappa shape index (κ1) is 13.2. The molecule has 0 amide bonds. The molecule has 0 heterocycles. The van der Waals surface area contributed by atoms with Gasteiger partial charge in [0, 0.05) is 16.1 Å². The van der Waals surface area contributed by atoms with Gasteiger partial charge in [0.05, 0.1) is 0 Å². The van der Waals surface area contributed by atoms with Crippen LogP contribution in [-0.2, 0) is 0 Å². The Hall–Kier alpha value is -0.240. The van der Waals surface area contributed by atoms with Crippen molar-refractivity contribution in [1.29, 1.82) is 0 Å². The van der Waals surface area contributed by atoms with Crippen molar-refractivity contribution in [3.63, 3.8) is 0 Å². The van der Waals surface area contributed by atoms with E-state index in [2.05, 4.69) is 6.92 Å². The summed E-state index contributed by atoms with van der Waals surface area (Å²) in [5.74, 6) is 0. The van der Waals surface area contributed by atoms with Crippen molar-refractivity contribution in [2.75, 3.05) is 0 Å². The molecule has 0 saturated heterocycles. The van der Waals surface area contributed by atoms with Gasteiger partial charge in [0.2, 0.25) is 0 Å². The molecule has 0 aromatic heterocycles. The second-order valence-electron chi connectivity index (χ2n) is 5.36. The van der Waals surface area contributed by atoms with Gasteiger partial charge in [-0.05, 0) is 36.0 Å². The number of rotatable bonds is 2. The van der Waals surface area contributed by atoms with Crippen molar-refractivity contribution < 1.29 is 0 Å². The van der Waals surface area contributed by atoms with Crippen molar-refractivity contribution in [3.05, 3.63) is 33.8 Å². The van der Waals surface area contributed by atoms with E-state index in [1.807, 2.05) is 12.1 Å². The molecule has 1 nitrogen and oxygen atoms in total. The fraction of sp³-hybridized carbons (Fsp3) is 0.571. The maximum Gasteiger partial charge on any atom is 0.0468 e. The summed E-state index contributed by atoms with van der Waals surface area (Å²) < 4.78 is 0. The molecule has 0 radical (unpaired) electrons. The van der Waals surface area contributed by atoms with Crippen LogP contribution in [0.5, 0.6) is 0 Å². The summed E-state index contributed by atoms with van der Waals surface area (Å²) in [5, 5.41) is 1.36. The number of halogens is 2. The Morgan fingerprint density at radius 2 is 1.82 bits per heavy atom. The van der Waals surface area contributed by atoms with Gasteiger partial charge in [-0.15, -0.1) is 0 Å². The minimum Gasteiger partial charge on any atom is -0.323 e. The molecular formula is C14H19Cl2N. The topological polar surface area (TPSA) is 26.0 Å². The first-order valence-corrected chi connectivity index (χ1v) is 6.99. The van der Waals surface area contributed by atoms with Gasteiger partial charge in [-0.1, -0.05) is 55.5 Å². The Labute approximate surface area is 113 Å². The van der Waals surface area contributed by atoms with Crippen molar-refractivity contribution in [1.82, 2.24) is 0 Å². The van der Waals surface area contributed by atoms with Crippen LogP contribution in [0.1, 0.15) is 50.6 Å². The Morgan fingerprint density at radius 1 is 1.18 bits per heavy atom. The summed E-state index contributed by atoms with van der Waals surface area (Å²) >= 11 is 12.2. The van der Waals surface area contributed by atoms with E-state index >= 15 is 0 Å². The molecule has 0 bridgehead atoms. The molecular weight excluding hydrogens is 253 g/mol. The molecule has 3 heteroatoms. The third-order valence-electron chi connectivity index (χ3n) is 4.04. The standard InChI is InChI=1S/C14H19Cl2N/c1-14(7-3-2-4-8-14)13(17)11-6-5-10(15)9-12(11)16/h5-6,9,13H,2-4,7-8,17H2,1H3. The Bertz CT molecular complexity index is 397. The number of hydrogen-bond acceptors (Lipinski definition) is 1. The van der Waals surface area contributed by atoms with Crippen LogP contribution in [0.3, 0.4) is 0 Å². The van der Waals surface area contributed by atoms with E-state index in [0.29, 0.717) is 10.0 Å². The summed E-state index contributed by atoms with van der Waals surface area (Å²) in [6.45, 7) is 2.28. The van der Waals surface area contributed by atoms with Crippen molar-refractivity contribution in [3.8, 4) is 0 Å². The molecule has 1 saturated carbocycles. The first-order valence-electron chi connectivity index (χ1n) is 6.23. The zero-order valence-corrected chi connectivity index (χ0v) is 11.7. The normalized spacial score (nSPS) is 21.2. The van der Waals surface area contributed by atoms with Crippen LogP contribution in [-0.4, -0.2) is 0 Å². The molecule has 1 aliphatic carbocycles. The molecule has 1 atom stereocenters. The van der Waals surface area contributed by atoms with Gasteiger partial charge in [-0.25, -0.2) is 0 Å². The summed E-state index contributed by atoms with van der Waals surface area (Å²) in [5.41, 5.74) is 7.63. The number of benzene rings is 1. The maximum absolute atomic E-state index is 6.43. The lowest BCUT2D eigenvalue weighted by atomic mass is 9.69. The van der Waals surface area contributed by atoms with Gasteiger partial charge in [-0.2, -0.15) is 0 Å². The quantitative estimate of drug-likeness (QED) is 0.808. The molecule has 1 aromatic rings. The predicted octanol–water partition coefficient (Wildman–Crippen LogP) is 4.96. The lowest BCUT2D eigenvalue weighted by molar-refractivity contribution is 0.170. The Morgan fingerprint density at radius 3 is 2.41 bits per heavy atom. The lowest BCUT2D eigenvalue weighted by Crippen LogP contribution is -2.34. The second-order valence-corrected chi connectivity index (χ2v) is 6.20. The van der Waals surface area contributed by atoms with Crippen LogP contribution in [0, 0.1) is 5.41 Å². The lowest BCUT2D eigenvalue weighted by Gasteiger charge is -2.39. The largest absolute Gasteiger partial charge is 0.323 e. The van der Waals surface area contributed by atoms with Gasteiger partial charge in [-0.3, -0.25) is 0 Å². The molecule has 0 spiro atoms. The average Bonchev–Trinajstić information content (AvgIpc) is 2.29. The van der Waals surface area contributed by atoms with Crippen molar-refractivity contribution in [2.45, 2.75) is 45.1 Å². The molecule has 94 valence electrons. The van der Waals surface area contributed by atoms with E-state index in [9.17, 15) is 0 Å². The van der Waals surface area contributed by atoms with Crippen molar-refractivity contribution >= 4 is 23.2 Å². The molecule has 1 aliphatic rings. The molecule has 2 N–H and O–H groups in total. The van der Waals surface area contributed by atoms with Crippen LogP contribution in [0.2, 0.25) is 10.0 Å². The maximum atomic E-state index is 6.43. The minimum absolute atomic E-state index is 0.00701. The van der Waals surface area contributed by atoms with Gasteiger partial charge >= 0.3 is 0 Å². The highest BCUT2D eigenvalue weighted by atomic mass is 35.5. The monoisotopic (exact) mass is 271 g/mol. The van der Waals surface area contributed by atoms with E-state index in [4.69, 9.17) is 28.9 Å². The highest BCUT2D eigenvalue weighted by Crippen LogP contribution is 2.45. The predicted molar refractivity (Wildman–Crippen MR) is 74.6 cm³/mol. The summed E-state index contributed by atoms with van der Waals surface area (Å²) in [6.07, 6.45) is 6.25. The fourth-order valence-electron chi connectivity index (χ4n) is 2.80. The van der Waals surface area contributed by atoms with Crippen LogP contribution in [0.4, 0.5) is 0 Å². The van der Waals surface area contributed by atoms with Crippen LogP contribution in [0.25, 0.3) is 0 Å². The second kappa shape index (κ2) is 5.17. The zero-order chi connectivity index (χ0) is 12.5. The van der Waals surface area contributed by atoms with E-state index < -0.39 is 0 Å². The van der Waals surface area contributed by atoms with Gasteiger partial charge in [0.15, 0.2) is 0 Å². The molecule has 17 heavy (non-hydrogen) atoms. The van der Waals surface area contributed by atoms with Crippen LogP contribution >= 0.6 is 23.2 Å². The van der Waals surface area contributed by atoms with Crippen LogP contribution in [0.15, 0.2) is 18.2 Å². The summed E-state index contributed by atoms with van der Waals surface area (Å²) in [4.78, 5) is 0. The summed E-state index contributed by atoms with van der Waals surface area (Å²) in [6, 6.07) is 5.63. The van der Waals surface area contributed by atoms with Crippen molar-refractivity contribution in [2.24, 2.45) is 11.1 Å². The number of hydrogen-bond donors (Lipinski definition) is 1. The van der Waals surface area contributed by atoms with Gasteiger partial charge < -0.3 is 5.73 Å². The van der Waals surface area contributed by atoms with Gasteiger partial charge in [0.1, 0.15) is 0 Å². The van der Waals surface area contributed by atoms with E-state index in [1.54, 1.807) is 6.07 Å². The fourth-order valence-corrected chi connectivity index (χ4v) is 3.33. The molecule has 1 unspecified atom stereocenters. The van der Waals surface area contributed by atoms with E-state index in [0.717, 1.165) is 5.56 Å². The Kier molecular flexibility index (Phi) is 4.02. The summed E-state index contributed by atoms with van der Waals surface area (Å²) in [7, 11) is 0. The SMILES string of the molecule is CC1(C(N)c2ccc(Cl)cc2Cl)CCCCC1. The Balaban J connectivity index is 2.26. The number of nitrogens with two attached hydrogens (primary N) is 1. The molecule has 1 aromatic carbocycles. The zero-order valence-electron chi connectivity index (χ0n) is 10.2.